The lowest BCUT2D eigenvalue weighted by Crippen LogP contribution is -2.28. The molecule has 1 aromatic rings. The zero-order chi connectivity index (χ0) is 11.9. The van der Waals surface area contributed by atoms with Gasteiger partial charge in [-0.3, -0.25) is 0 Å². The van der Waals surface area contributed by atoms with E-state index in [1.54, 1.807) is 32.9 Å². The van der Waals surface area contributed by atoms with Crippen molar-refractivity contribution < 1.29 is 8.42 Å². The summed E-state index contributed by atoms with van der Waals surface area (Å²) in [6, 6.07) is 5.23. The van der Waals surface area contributed by atoms with Crippen LogP contribution in [0.3, 0.4) is 0 Å². The molecular formula is C11H15BrO2S. The topological polar surface area (TPSA) is 34.1 Å². The minimum atomic E-state index is -3.24. The van der Waals surface area contributed by atoms with Gasteiger partial charge in [-0.2, -0.15) is 0 Å². The van der Waals surface area contributed by atoms with E-state index in [0.717, 1.165) is 10.0 Å². The second-order valence-corrected chi connectivity index (χ2v) is 8.11. The number of hydrogen-bond donors (Lipinski definition) is 0. The summed E-state index contributed by atoms with van der Waals surface area (Å²) < 4.78 is 24.5. The van der Waals surface area contributed by atoms with E-state index in [0.29, 0.717) is 4.90 Å². The van der Waals surface area contributed by atoms with Gasteiger partial charge in [-0.25, -0.2) is 8.42 Å². The highest BCUT2D eigenvalue weighted by Gasteiger charge is 2.31. The van der Waals surface area contributed by atoms with Crippen LogP contribution in [0.25, 0.3) is 0 Å². The van der Waals surface area contributed by atoms with Gasteiger partial charge in [-0.1, -0.05) is 15.9 Å². The Morgan fingerprint density at radius 1 is 1.20 bits per heavy atom. The standard InChI is InChI=1S/C11H15BrO2S/c1-8-7-9(12)5-6-10(8)15(13,14)11(2,3)4/h5-7H,1-4H3. The summed E-state index contributed by atoms with van der Waals surface area (Å²) in [4.78, 5) is 0.415. The van der Waals surface area contributed by atoms with Crippen molar-refractivity contribution in [2.75, 3.05) is 0 Å². The van der Waals surface area contributed by atoms with Crippen molar-refractivity contribution in [2.45, 2.75) is 37.3 Å². The first-order chi connectivity index (χ1) is 6.66. The molecule has 0 N–H and O–H groups in total. The summed E-state index contributed by atoms with van der Waals surface area (Å²) in [5.41, 5.74) is 0.777. The third kappa shape index (κ3) is 2.42. The lowest BCUT2D eigenvalue weighted by molar-refractivity contribution is 0.559. The first kappa shape index (κ1) is 12.7. The van der Waals surface area contributed by atoms with Crippen molar-refractivity contribution in [3.8, 4) is 0 Å². The summed E-state index contributed by atoms with van der Waals surface area (Å²) in [6.07, 6.45) is 0. The Morgan fingerprint density at radius 3 is 2.13 bits per heavy atom. The van der Waals surface area contributed by atoms with Crippen LogP contribution in [-0.4, -0.2) is 13.2 Å². The van der Waals surface area contributed by atoms with Gasteiger partial charge in [-0.15, -0.1) is 0 Å². The molecule has 0 atom stereocenters. The molecule has 0 radical (unpaired) electrons. The number of aryl methyl sites for hydroxylation is 1. The molecule has 0 amide bonds. The maximum absolute atomic E-state index is 12.2. The molecule has 0 aliphatic heterocycles. The molecule has 0 heterocycles. The molecular weight excluding hydrogens is 276 g/mol. The van der Waals surface area contributed by atoms with Crippen LogP contribution >= 0.6 is 15.9 Å². The van der Waals surface area contributed by atoms with E-state index in [2.05, 4.69) is 15.9 Å². The molecule has 0 unspecified atom stereocenters. The molecule has 0 saturated heterocycles. The van der Waals surface area contributed by atoms with Crippen LogP contribution in [0, 0.1) is 6.92 Å². The minimum Gasteiger partial charge on any atom is -0.223 e. The molecule has 84 valence electrons. The monoisotopic (exact) mass is 290 g/mol. The molecule has 0 spiro atoms. The largest absolute Gasteiger partial charge is 0.223 e. The van der Waals surface area contributed by atoms with Crippen molar-refractivity contribution >= 4 is 25.8 Å². The average molecular weight is 291 g/mol. The molecule has 4 heteroatoms. The smallest absolute Gasteiger partial charge is 0.183 e. The Morgan fingerprint density at radius 2 is 1.73 bits per heavy atom. The highest BCUT2D eigenvalue weighted by molar-refractivity contribution is 9.10. The second-order valence-electron chi connectivity index (χ2n) is 4.53. The third-order valence-electron chi connectivity index (χ3n) is 2.23. The number of halogens is 1. The SMILES string of the molecule is Cc1cc(Br)ccc1S(=O)(=O)C(C)(C)C. The van der Waals surface area contributed by atoms with Crippen LogP contribution in [0.2, 0.25) is 0 Å². The van der Waals surface area contributed by atoms with E-state index >= 15 is 0 Å². The van der Waals surface area contributed by atoms with E-state index in [1.165, 1.54) is 0 Å². The van der Waals surface area contributed by atoms with Crippen LogP contribution in [0.4, 0.5) is 0 Å². The Kier molecular flexibility index (Phi) is 3.31. The van der Waals surface area contributed by atoms with Crippen molar-refractivity contribution in [1.29, 1.82) is 0 Å². The zero-order valence-electron chi connectivity index (χ0n) is 9.33. The minimum absolute atomic E-state index is 0.415. The number of hydrogen-bond acceptors (Lipinski definition) is 2. The molecule has 0 aromatic heterocycles. The van der Waals surface area contributed by atoms with E-state index in [-0.39, 0.29) is 0 Å². The highest BCUT2D eigenvalue weighted by atomic mass is 79.9. The molecule has 0 aliphatic rings. The van der Waals surface area contributed by atoms with Gasteiger partial charge in [0.1, 0.15) is 0 Å². The first-order valence-electron chi connectivity index (χ1n) is 4.67. The third-order valence-corrected chi connectivity index (χ3v) is 5.38. The van der Waals surface area contributed by atoms with Gasteiger partial charge in [0.05, 0.1) is 9.64 Å². The highest BCUT2D eigenvalue weighted by Crippen LogP contribution is 2.28. The van der Waals surface area contributed by atoms with E-state index < -0.39 is 14.6 Å². The maximum Gasteiger partial charge on any atom is 0.183 e. The van der Waals surface area contributed by atoms with Crippen LogP contribution in [0.5, 0.6) is 0 Å². The molecule has 0 bridgehead atoms. The quantitative estimate of drug-likeness (QED) is 0.795. The second kappa shape index (κ2) is 3.91. The predicted octanol–water partition coefficient (Wildman–Crippen LogP) is 3.33. The van der Waals surface area contributed by atoms with E-state index in [9.17, 15) is 8.42 Å². The van der Waals surface area contributed by atoms with Gasteiger partial charge in [0.15, 0.2) is 9.84 Å². The zero-order valence-corrected chi connectivity index (χ0v) is 11.7. The summed E-state index contributed by atoms with van der Waals surface area (Å²) in [5.74, 6) is 0. The molecule has 1 aromatic carbocycles. The van der Waals surface area contributed by atoms with Crippen molar-refractivity contribution in [2.24, 2.45) is 0 Å². The summed E-state index contributed by atoms with van der Waals surface area (Å²) in [5, 5.41) is 0. The van der Waals surface area contributed by atoms with Crippen LogP contribution in [-0.2, 0) is 9.84 Å². The van der Waals surface area contributed by atoms with Gasteiger partial charge in [0.25, 0.3) is 0 Å². The van der Waals surface area contributed by atoms with Crippen LogP contribution in [0.15, 0.2) is 27.6 Å². The fourth-order valence-corrected chi connectivity index (χ4v) is 3.11. The lowest BCUT2D eigenvalue weighted by atomic mass is 10.2. The molecule has 0 saturated carbocycles. The number of rotatable bonds is 1. The fraction of sp³-hybridized carbons (Fsp3) is 0.455. The van der Waals surface area contributed by atoms with Crippen molar-refractivity contribution in [3.05, 3.63) is 28.2 Å². The van der Waals surface area contributed by atoms with E-state index in [4.69, 9.17) is 0 Å². The fourth-order valence-electron chi connectivity index (χ4n) is 1.24. The molecule has 0 fully saturated rings. The molecule has 1 rings (SSSR count). The van der Waals surface area contributed by atoms with Gasteiger partial charge in [0.2, 0.25) is 0 Å². The normalized spacial score (nSPS) is 12.9. The van der Waals surface area contributed by atoms with Gasteiger partial charge < -0.3 is 0 Å². The molecule has 15 heavy (non-hydrogen) atoms. The Hall–Kier alpha value is -0.350. The van der Waals surface area contributed by atoms with Crippen molar-refractivity contribution in [1.82, 2.24) is 0 Å². The van der Waals surface area contributed by atoms with Crippen molar-refractivity contribution in [3.63, 3.8) is 0 Å². The number of benzene rings is 1. The van der Waals surface area contributed by atoms with Crippen LogP contribution < -0.4 is 0 Å². The Balaban J connectivity index is 3.42. The lowest BCUT2D eigenvalue weighted by Gasteiger charge is -2.20. The van der Waals surface area contributed by atoms with E-state index in [1.807, 2.05) is 13.0 Å². The van der Waals surface area contributed by atoms with Crippen LogP contribution in [0.1, 0.15) is 26.3 Å². The maximum atomic E-state index is 12.2. The summed E-state index contributed by atoms with van der Waals surface area (Å²) >= 11 is 3.32. The number of sulfone groups is 1. The molecule has 2 nitrogen and oxygen atoms in total. The predicted molar refractivity (Wildman–Crippen MR) is 65.8 cm³/mol. The average Bonchev–Trinajstić information content (AvgIpc) is 2.00. The summed E-state index contributed by atoms with van der Waals surface area (Å²) in [6.45, 7) is 6.95. The Labute approximate surface area is 99.7 Å². The van der Waals surface area contributed by atoms with Gasteiger partial charge in [-0.05, 0) is 51.5 Å². The molecule has 0 aliphatic carbocycles. The van der Waals surface area contributed by atoms with Gasteiger partial charge in [0, 0.05) is 4.47 Å². The summed E-state index contributed by atoms with van der Waals surface area (Å²) in [7, 11) is -3.24. The Bertz CT molecular complexity index is 470. The first-order valence-corrected chi connectivity index (χ1v) is 6.94. The van der Waals surface area contributed by atoms with Gasteiger partial charge >= 0.3 is 0 Å².